The standard InChI is InChI=1S/C24H33NO4/c1-13-12-23-8-5-15(13)11-16(23)24-7-4-6-22(3)18(24)17(28-14(2)26)19(23)29-21(24)25-9-10-27-20(22)25/h15-21H,1,4-12H2,2-3H3/t15-,16-,17-,18+,19+,20+,21+,22+,23+,24+/m0/s1. The molecule has 0 amide bonds. The van der Waals surface area contributed by atoms with Crippen molar-refractivity contribution in [1.29, 1.82) is 0 Å². The van der Waals surface area contributed by atoms with Crippen LogP contribution < -0.4 is 0 Å². The molecule has 10 atom stereocenters. The predicted octanol–water partition coefficient (Wildman–Crippen LogP) is 3.48. The summed E-state index contributed by atoms with van der Waals surface area (Å²) in [7, 11) is 0. The molecule has 4 aliphatic heterocycles. The molecule has 4 heterocycles. The lowest BCUT2D eigenvalue weighted by atomic mass is 9.32. The van der Waals surface area contributed by atoms with Gasteiger partial charge in [0.2, 0.25) is 0 Å². The SMILES string of the molecule is C=C1C[C@]23CC[C@H]1C[C@@H]2[C@]12CCC[C@]4(C)[C@H]1[C@H](OC(C)=O)[C@H]3O[C@H]2N1CCO[C@@H]14. The summed E-state index contributed by atoms with van der Waals surface area (Å²) in [5.41, 5.74) is 1.66. The molecule has 9 fully saturated rings. The van der Waals surface area contributed by atoms with E-state index in [1.807, 2.05) is 0 Å². The highest BCUT2D eigenvalue weighted by Gasteiger charge is 2.82. The zero-order chi connectivity index (χ0) is 19.8. The molecule has 4 saturated heterocycles. The van der Waals surface area contributed by atoms with E-state index in [9.17, 15) is 4.79 Å². The van der Waals surface area contributed by atoms with E-state index in [2.05, 4.69) is 18.4 Å². The number of ether oxygens (including phenoxy) is 3. The third-order valence-corrected chi connectivity index (χ3v) is 10.6. The van der Waals surface area contributed by atoms with Gasteiger partial charge in [-0.15, -0.1) is 0 Å². The molecule has 29 heavy (non-hydrogen) atoms. The molecule has 0 N–H and O–H groups in total. The smallest absolute Gasteiger partial charge is 0.303 e. The molecular formula is C24H33NO4. The molecule has 9 rings (SSSR count). The second kappa shape index (κ2) is 5.28. The Morgan fingerprint density at radius 3 is 2.93 bits per heavy atom. The van der Waals surface area contributed by atoms with Crippen molar-refractivity contribution in [3.63, 3.8) is 0 Å². The Bertz CT molecular complexity index is 813. The third-order valence-electron chi connectivity index (χ3n) is 10.6. The van der Waals surface area contributed by atoms with Gasteiger partial charge in [-0.1, -0.05) is 25.5 Å². The highest BCUT2D eigenvalue weighted by atomic mass is 16.6. The van der Waals surface area contributed by atoms with Gasteiger partial charge in [-0.3, -0.25) is 4.79 Å². The lowest BCUT2D eigenvalue weighted by Crippen LogP contribution is -2.85. The Morgan fingerprint density at radius 1 is 1.28 bits per heavy atom. The van der Waals surface area contributed by atoms with Gasteiger partial charge >= 0.3 is 5.97 Å². The summed E-state index contributed by atoms with van der Waals surface area (Å²) in [4.78, 5) is 14.9. The van der Waals surface area contributed by atoms with E-state index < -0.39 is 0 Å². The molecule has 158 valence electrons. The summed E-state index contributed by atoms with van der Waals surface area (Å²) in [6.07, 6.45) is 8.49. The van der Waals surface area contributed by atoms with E-state index in [0.29, 0.717) is 17.8 Å². The van der Waals surface area contributed by atoms with Crippen LogP contribution in [-0.2, 0) is 19.0 Å². The number of esters is 1. The van der Waals surface area contributed by atoms with Gasteiger partial charge in [-0.25, -0.2) is 4.90 Å². The summed E-state index contributed by atoms with van der Waals surface area (Å²) in [6.45, 7) is 10.2. The van der Waals surface area contributed by atoms with Gasteiger partial charge in [0.1, 0.15) is 24.7 Å². The summed E-state index contributed by atoms with van der Waals surface area (Å²) < 4.78 is 19.6. The molecule has 5 aliphatic carbocycles. The summed E-state index contributed by atoms with van der Waals surface area (Å²) in [5, 5.41) is 0. The van der Waals surface area contributed by atoms with Crippen molar-refractivity contribution in [2.24, 2.45) is 34.0 Å². The number of hydrogen-bond acceptors (Lipinski definition) is 5. The van der Waals surface area contributed by atoms with Crippen LogP contribution in [0.5, 0.6) is 0 Å². The van der Waals surface area contributed by atoms with Gasteiger partial charge in [0, 0.05) is 35.6 Å². The quantitative estimate of drug-likeness (QED) is 0.499. The zero-order valence-electron chi connectivity index (χ0n) is 17.7. The van der Waals surface area contributed by atoms with Crippen LogP contribution >= 0.6 is 0 Å². The first-order valence-electron chi connectivity index (χ1n) is 11.8. The number of fused-ring (bicyclic) bond motifs is 4. The van der Waals surface area contributed by atoms with Crippen LogP contribution in [0.1, 0.15) is 58.8 Å². The Morgan fingerprint density at radius 2 is 2.14 bits per heavy atom. The van der Waals surface area contributed by atoms with Gasteiger partial charge in [0.15, 0.2) is 0 Å². The number of carbonyl (C=O) groups excluding carboxylic acids is 1. The van der Waals surface area contributed by atoms with E-state index in [1.165, 1.54) is 37.7 Å². The molecule has 5 saturated carbocycles. The Labute approximate surface area is 173 Å². The lowest BCUT2D eigenvalue weighted by molar-refractivity contribution is -0.438. The van der Waals surface area contributed by atoms with Gasteiger partial charge in [-0.2, -0.15) is 0 Å². The van der Waals surface area contributed by atoms with E-state index in [1.54, 1.807) is 6.92 Å². The van der Waals surface area contributed by atoms with Crippen LogP contribution in [0.3, 0.4) is 0 Å². The third kappa shape index (κ3) is 1.77. The Kier molecular flexibility index (Phi) is 3.23. The van der Waals surface area contributed by atoms with Crippen molar-refractivity contribution in [3.05, 3.63) is 12.2 Å². The number of piperidine rings is 1. The largest absolute Gasteiger partial charge is 0.459 e. The van der Waals surface area contributed by atoms with Gasteiger partial charge in [-0.05, 0) is 50.4 Å². The summed E-state index contributed by atoms with van der Waals surface area (Å²) in [6, 6.07) is 0. The maximum absolute atomic E-state index is 12.3. The molecule has 0 unspecified atom stereocenters. The maximum Gasteiger partial charge on any atom is 0.303 e. The summed E-state index contributed by atoms with van der Waals surface area (Å²) >= 11 is 0. The number of nitrogens with zero attached hydrogens (tertiary/aromatic N) is 1. The predicted molar refractivity (Wildman–Crippen MR) is 106 cm³/mol. The fourth-order valence-corrected chi connectivity index (χ4v) is 10.1. The highest BCUT2D eigenvalue weighted by molar-refractivity contribution is 5.66. The minimum absolute atomic E-state index is 0.00486. The Hall–Kier alpha value is -0.910. The van der Waals surface area contributed by atoms with Crippen molar-refractivity contribution in [2.45, 2.75) is 83.5 Å². The van der Waals surface area contributed by atoms with E-state index in [-0.39, 0.29) is 46.9 Å². The van der Waals surface area contributed by atoms with Crippen molar-refractivity contribution in [1.82, 2.24) is 4.90 Å². The van der Waals surface area contributed by atoms with E-state index in [4.69, 9.17) is 14.2 Å². The maximum atomic E-state index is 12.3. The van der Waals surface area contributed by atoms with E-state index in [0.717, 1.165) is 26.0 Å². The molecule has 5 nitrogen and oxygen atoms in total. The normalized spacial score (nSPS) is 59.4. The Balaban J connectivity index is 1.47. The average molecular weight is 400 g/mol. The van der Waals surface area contributed by atoms with Gasteiger partial charge < -0.3 is 14.2 Å². The minimum atomic E-state index is -0.160. The minimum Gasteiger partial charge on any atom is -0.459 e. The van der Waals surface area contributed by atoms with Crippen molar-refractivity contribution in [2.75, 3.05) is 13.2 Å². The number of rotatable bonds is 1. The van der Waals surface area contributed by atoms with E-state index >= 15 is 0 Å². The van der Waals surface area contributed by atoms with Crippen LogP contribution in [0.4, 0.5) is 0 Å². The number of allylic oxidation sites excluding steroid dienone is 1. The van der Waals surface area contributed by atoms with Crippen LogP contribution in [0.25, 0.3) is 0 Å². The molecule has 2 spiro atoms. The molecule has 9 aliphatic rings. The van der Waals surface area contributed by atoms with Crippen LogP contribution in [0.15, 0.2) is 12.2 Å². The average Bonchev–Trinajstić information content (AvgIpc) is 3.17. The van der Waals surface area contributed by atoms with Crippen LogP contribution in [0.2, 0.25) is 0 Å². The topological polar surface area (TPSA) is 48.0 Å². The number of carbonyl (C=O) groups is 1. The first-order chi connectivity index (χ1) is 13.9. The van der Waals surface area contributed by atoms with Crippen LogP contribution in [-0.4, -0.2) is 48.7 Å². The monoisotopic (exact) mass is 399 g/mol. The molecule has 0 aromatic heterocycles. The molecule has 0 aromatic rings. The summed E-state index contributed by atoms with van der Waals surface area (Å²) in [5.74, 6) is 1.54. The number of hydrogen-bond donors (Lipinski definition) is 0. The van der Waals surface area contributed by atoms with Gasteiger partial charge in [0.05, 0.1) is 6.61 Å². The second-order valence-corrected chi connectivity index (χ2v) is 11.5. The lowest BCUT2D eigenvalue weighted by Gasteiger charge is -2.80. The molecule has 0 aromatic carbocycles. The second-order valence-electron chi connectivity index (χ2n) is 11.5. The highest BCUT2D eigenvalue weighted by Crippen LogP contribution is 2.79. The molecule has 7 bridgehead atoms. The first-order valence-corrected chi connectivity index (χ1v) is 11.8. The van der Waals surface area contributed by atoms with Crippen molar-refractivity contribution >= 4 is 5.97 Å². The fraction of sp³-hybridized carbons (Fsp3) is 0.875. The first kappa shape index (κ1) is 17.7. The van der Waals surface area contributed by atoms with Gasteiger partial charge in [0.25, 0.3) is 0 Å². The fourth-order valence-electron chi connectivity index (χ4n) is 10.1. The zero-order valence-corrected chi connectivity index (χ0v) is 17.7. The molecule has 5 heteroatoms. The van der Waals surface area contributed by atoms with Crippen molar-refractivity contribution in [3.8, 4) is 0 Å². The molecular weight excluding hydrogens is 366 g/mol. The molecule has 0 radical (unpaired) electrons. The van der Waals surface area contributed by atoms with Crippen molar-refractivity contribution < 1.29 is 19.0 Å². The van der Waals surface area contributed by atoms with Crippen LogP contribution in [0, 0.1) is 34.0 Å².